The summed E-state index contributed by atoms with van der Waals surface area (Å²) in [5.74, 6) is 1.75. The van der Waals surface area contributed by atoms with Gasteiger partial charge in [-0.1, -0.05) is 18.2 Å². The topological polar surface area (TPSA) is 48.9 Å². The molecule has 2 N–H and O–H groups in total. The summed E-state index contributed by atoms with van der Waals surface area (Å²) in [5, 5.41) is 11.3. The summed E-state index contributed by atoms with van der Waals surface area (Å²) in [6.07, 6.45) is 2.35. The lowest BCUT2D eigenvalue weighted by Crippen LogP contribution is -2.49. The predicted molar refractivity (Wildman–Crippen MR) is 114 cm³/mol. The fraction of sp³-hybridized carbons (Fsp3) is 0.476. The van der Waals surface area contributed by atoms with E-state index in [-0.39, 0.29) is 6.10 Å². The molecule has 1 aromatic heterocycles. The zero-order valence-corrected chi connectivity index (χ0v) is 17.0. The number of nitrogens with one attached hydrogen (secondary N) is 2. The Labute approximate surface area is 166 Å². The lowest BCUT2D eigenvalue weighted by molar-refractivity contribution is 0.198. The van der Waals surface area contributed by atoms with Gasteiger partial charge in [0.25, 0.3) is 0 Å². The van der Waals surface area contributed by atoms with Crippen molar-refractivity contribution < 1.29 is 4.74 Å². The van der Waals surface area contributed by atoms with Crippen LogP contribution in [0.25, 0.3) is 0 Å². The van der Waals surface area contributed by atoms with Crippen molar-refractivity contribution in [3.8, 4) is 5.75 Å². The van der Waals surface area contributed by atoms with E-state index in [1.807, 2.05) is 37.4 Å². The van der Waals surface area contributed by atoms with Gasteiger partial charge in [0.2, 0.25) is 0 Å². The van der Waals surface area contributed by atoms with Crippen molar-refractivity contribution in [1.82, 2.24) is 15.5 Å². The van der Waals surface area contributed by atoms with Crippen LogP contribution in [-0.4, -0.2) is 49.7 Å². The number of para-hydroxylation sites is 1. The van der Waals surface area contributed by atoms with Crippen molar-refractivity contribution in [3.05, 3.63) is 52.7 Å². The molecule has 0 spiro atoms. The molecule has 0 saturated carbocycles. The largest absolute Gasteiger partial charge is 0.489 e. The molecule has 3 rings (SSSR count). The van der Waals surface area contributed by atoms with Crippen LogP contribution in [0.15, 0.2) is 52.2 Å². The molecule has 6 heteroatoms. The minimum atomic E-state index is 0.0680. The Morgan fingerprint density at radius 3 is 2.70 bits per heavy atom. The third-order valence-corrected chi connectivity index (χ3v) is 5.51. The maximum Gasteiger partial charge on any atom is 0.191 e. The van der Waals surface area contributed by atoms with Crippen LogP contribution in [0.2, 0.25) is 0 Å². The van der Waals surface area contributed by atoms with Gasteiger partial charge >= 0.3 is 0 Å². The Morgan fingerprint density at radius 1 is 1.26 bits per heavy atom. The molecule has 1 aromatic carbocycles. The maximum absolute atomic E-state index is 5.91. The zero-order chi connectivity index (χ0) is 18.9. The Morgan fingerprint density at radius 2 is 2.04 bits per heavy atom. The highest BCUT2D eigenvalue weighted by Crippen LogP contribution is 2.15. The second kappa shape index (κ2) is 10.3. The number of likely N-dealkylation sites (tertiary alicyclic amines) is 1. The number of hydrogen-bond acceptors (Lipinski definition) is 4. The second-order valence-electron chi connectivity index (χ2n) is 7.02. The Kier molecular flexibility index (Phi) is 7.54. The molecule has 1 unspecified atom stereocenters. The van der Waals surface area contributed by atoms with E-state index in [1.165, 1.54) is 5.56 Å². The van der Waals surface area contributed by atoms with Crippen LogP contribution >= 0.6 is 11.3 Å². The first kappa shape index (κ1) is 19.7. The molecule has 1 atom stereocenters. The molecule has 2 heterocycles. The first-order chi connectivity index (χ1) is 13.2. The number of rotatable bonds is 7. The number of thiophene rings is 1. The van der Waals surface area contributed by atoms with E-state index < -0.39 is 0 Å². The molecular weight excluding hydrogens is 356 g/mol. The van der Waals surface area contributed by atoms with Crippen molar-refractivity contribution in [1.29, 1.82) is 0 Å². The summed E-state index contributed by atoms with van der Waals surface area (Å²) in [4.78, 5) is 6.90. The normalized spacial score (nSPS) is 17.5. The molecule has 0 bridgehead atoms. The molecule has 27 heavy (non-hydrogen) atoms. The van der Waals surface area contributed by atoms with Gasteiger partial charge in [0, 0.05) is 32.7 Å². The molecule has 1 fully saturated rings. The standard InChI is InChI=1S/C21H30N4OS/c1-17(26-20-6-4-3-5-7-20)14-23-21(22-2)24-19-8-11-25(12-9-19)15-18-10-13-27-16-18/h3-7,10,13,16-17,19H,8-9,11-12,14-15H2,1-2H3,(H2,22,23,24). The monoisotopic (exact) mass is 386 g/mol. The average molecular weight is 387 g/mol. The van der Waals surface area contributed by atoms with E-state index >= 15 is 0 Å². The van der Waals surface area contributed by atoms with E-state index in [0.29, 0.717) is 12.6 Å². The summed E-state index contributed by atoms with van der Waals surface area (Å²) in [5.41, 5.74) is 1.43. The van der Waals surface area contributed by atoms with Crippen LogP contribution in [0, 0.1) is 0 Å². The summed E-state index contributed by atoms with van der Waals surface area (Å²) in [6.45, 7) is 6.09. The molecular formula is C21H30N4OS. The summed E-state index contributed by atoms with van der Waals surface area (Å²) < 4.78 is 5.91. The van der Waals surface area contributed by atoms with E-state index in [9.17, 15) is 0 Å². The number of ether oxygens (including phenoxy) is 1. The number of guanidine groups is 1. The lowest BCUT2D eigenvalue weighted by atomic mass is 10.0. The van der Waals surface area contributed by atoms with E-state index in [2.05, 4.69) is 44.3 Å². The third-order valence-electron chi connectivity index (χ3n) is 4.78. The second-order valence-corrected chi connectivity index (χ2v) is 7.80. The first-order valence-electron chi connectivity index (χ1n) is 9.65. The minimum absolute atomic E-state index is 0.0680. The van der Waals surface area contributed by atoms with E-state index in [0.717, 1.165) is 44.2 Å². The van der Waals surface area contributed by atoms with Crippen LogP contribution in [0.4, 0.5) is 0 Å². The fourth-order valence-electron chi connectivity index (χ4n) is 3.28. The van der Waals surface area contributed by atoms with Crippen LogP contribution in [0.5, 0.6) is 5.75 Å². The molecule has 0 radical (unpaired) electrons. The van der Waals surface area contributed by atoms with Gasteiger partial charge in [-0.2, -0.15) is 11.3 Å². The molecule has 0 amide bonds. The van der Waals surface area contributed by atoms with Gasteiger partial charge in [-0.25, -0.2) is 0 Å². The Hall–Kier alpha value is -2.05. The number of benzene rings is 1. The minimum Gasteiger partial charge on any atom is -0.489 e. The smallest absolute Gasteiger partial charge is 0.191 e. The Bertz CT molecular complexity index is 681. The number of nitrogens with zero attached hydrogens (tertiary/aromatic N) is 2. The SMILES string of the molecule is CN=C(NCC(C)Oc1ccccc1)NC1CCN(Cc2ccsc2)CC1. The summed E-state index contributed by atoms with van der Waals surface area (Å²) >= 11 is 1.77. The van der Waals surface area contributed by atoms with Crippen LogP contribution in [0.3, 0.4) is 0 Å². The van der Waals surface area contributed by atoms with Crippen LogP contribution in [0.1, 0.15) is 25.3 Å². The van der Waals surface area contributed by atoms with E-state index in [4.69, 9.17) is 4.74 Å². The highest BCUT2D eigenvalue weighted by molar-refractivity contribution is 7.07. The molecule has 2 aromatic rings. The third kappa shape index (κ3) is 6.56. The molecule has 1 aliphatic heterocycles. The van der Waals surface area contributed by atoms with Crippen LogP contribution in [-0.2, 0) is 6.54 Å². The van der Waals surface area contributed by atoms with Crippen molar-refractivity contribution in [2.24, 2.45) is 4.99 Å². The van der Waals surface area contributed by atoms with Gasteiger partial charge in [0.15, 0.2) is 5.96 Å². The Balaban J connectivity index is 1.36. The van der Waals surface area contributed by atoms with E-state index in [1.54, 1.807) is 11.3 Å². The highest BCUT2D eigenvalue weighted by atomic mass is 32.1. The lowest BCUT2D eigenvalue weighted by Gasteiger charge is -2.33. The van der Waals surface area contributed by atoms with Crippen molar-refractivity contribution >= 4 is 17.3 Å². The summed E-state index contributed by atoms with van der Waals surface area (Å²) in [6, 6.07) is 12.6. The number of aliphatic imine (C=N–C) groups is 1. The van der Waals surface area contributed by atoms with Gasteiger partial charge in [-0.3, -0.25) is 9.89 Å². The maximum atomic E-state index is 5.91. The van der Waals surface area contributed by atoms with Crippen molar-refractivity contribution in [3.63, 3.8) is 0 Å². The van der Waals surface area contributed by atoms with Gasteiger partial charge in [0.1, 0.15) is 11.9 Å². The molecule has 1 saturated heterocycles. The van der Waals surface area contributed by atoms with Gasteiger partial charge < -0.3 is 15.4 Å². The fourth-order valence-corrected chi connectivity index (χ4v) is 3.94. The van der Waals surface area contributed by atoms with Crippen molar-refractivity contribution in [2.45, 2.75) is 38.5 Å². The van der Waals surface area contributed by atoms with Crippen molar-refractivity contribution in [2.75, 3.05) is 26.7 Å². The average Bonchev–Trinajstić information content (AvgIpc) is 3.20. The first-order valence-corrected chi connectivity index (χ1v) is 10.6. The van der Waals surface area contributed by atoms with Gasteiger partial charge in [-0.15, -0.1) is 0 Å². The number of hydrogen-bond donors (Lipinski definition) is 2. The zero-order valence-electron chi connectivity index (χ0n) is 16.2. The molecule has 146 valence electrons. The molecule has 5 nitrogen and oxygen atoms in total. The van der Waals surface area contributed by atoms with Gasteiger partial charge in [0.05, 0.1) is 6.54 Å². The number of piperidine rings is 1. The predicted octanol–water partition coefficient (Wildman–Crippen LogP) is 3.35. The highest BCUT2D eigenvalue weighted by Gasteiger charge is 2.20. The summed E-state index contributed by atoms with van der Waals surface area (Å²) in [7, 11) is 1.82. The molecule has 0 aliphatic carbocycles. The quantitative estimate of drug-likeness (QED) is 0.566. The van der Waals surface area contributed by atoms with Crippen LogP contribution < -0.4 is 15.4 Å². The van der Waals surface area contributed by atoms with Gasteiger partial charge in [-0.05, 0) is 54.3 Å². The molecule has 1 aliphatic rings.